The van der Waals surface area contributed by atoms with Gasteiger partial charge in [0.05, 0.1) is 12.2 Å². The number of ether oxygens (including phenoxy) is 1. The van der Waals surface area contributed by atoms with Crippen LogP contribution in [0.1, 0.15) is 30.6 Å². The number of para-hydroxylation sites is 1. The lowest BCUT2D eigenvalue weighted by molar-refractivity contribution is 0.101. The molecule has 0 amide bonds. The molecule has 0 spiro atoms. The SMILES string of the molecule is CCCOc1ccccc1C(C)=O. The van der Waals surface area contributed by atoms with E-state index in [1.807, 2.05) is 25.1 Å². The Morgan fingerprint density at radius 3 is 2.69 bits per heavy atom. The molecule has 0 fully saturated rings. The molecule has 0 saturated heterocycles. The average molecular weight is 178 g/mol. The van der Waals surface area contributed by atoms with E-state index < -0.39 is 0 Å². The number of rotatable bonds is 4. The highest BCUT2D eigenvalue weighted by Gasteiger charge is 2.05. The van der Waals surface area contributed by atoms with Crippen molar-refractivity contribution in [3.05, 3.63) is 29.8 Å². The predicted molar refractivity (Wildman–Crippen MR) is 52.2 cm³/mol. The van der Waals surface area contributed by atoms with Gasteiger partial charge in [-0.15, -0.1) is 0 Å². The number of hydrogen-bond donors (Lipinski definition) is 0. The molecule has 1 aromatic rings. The lowest BCUT2D eigenvalue weighted by Crippen LogP contribution is -2.01. The first-order valence-corrected chi connectivity index (χ1v) is 4.48. The molecule has 0 aliphatic heterocycles. The summed E-state index contributed by atoms with van der Waals surface area (Å²) in [5, 5.41) is 0. The fourth-order valence-corrected chi connectivity index (χ4v) is 1.10. The van der Waals surface area contributed by atoms with E-state index in [2.05, 4.69) is 0 Å². The summed E-state index contributed by atoms with van der Waals surface area (Å²) in [5.74, 6) is 0.739. The molecular formula is C11H14O2. The van der Waals surface area contributed by atoms with E-state index in [0.29, 0.717) is 17.9 Å². The molecule has 1 aromatic carbocycles. The van der Waals surface area contributed by atoms with E-state index in [-0.39, 0.29) is 5.78 Å². The molecule has 1 rings (SSSR count). The number of hydrogen-bond acceptors (Lipinski definition) is 2. The molecule has 0 bridgehead atoms. The Morgan fingerprint density at radius 1 is 1.38 bits per heavy atom. The molecular weight excluding hydrogens is 164 g/mol. The summed E-state index contributed by atoms with van der Waals surface area (Å²) < 4.78 is 5.43. The first-order valence-electron chi connectivity index (χ1n) is 4.48. The van der Waals surface area contributed by atoms with Crippen molar-refractivity contribution in [3.8, 4) is 5.75 Å². The summed E-state index contributed by atoms with van der Waals surface area (Å²) in [6.07, 6.45) is 0.951. The highest BCUT2D eigenvalue weighted by molar-refractivity contribution is 5.96. The van der Waals surface area contributed by atoms with Gasteiger partial charge in [0, 0.05) is 0 Å². The minimum absolute atomic E-state index is 0.0479. The van der Waals surface area contributed by atoms with Crippen LogP contribution in [0.5, 0.6) is 5.75 Å². The molecule has 0 radical (unpaired) electrons. The maximum absolute atomic E-state index is 11.1. The van der Waals surface area contributed by atoms with Gasteiger partial charge in [0.2, 0.25) is 0 Å². The van der Waals surface area contributed by atoms with Gasteiger partial charge in [-0.2, -0.15) is 0 Å². The topological polar surface area (TPSA) is 26.3 Å². The summed E-state index contributed by atoms with van der Waals surface area (Å²) >= 11 is 0. The zero-order valence-electron chi connectivity index (χ0n) is 8.04. The van der Waals surface area contributed by atoms with Crippen molar-refractivity contribution in [1.29, 1.82) is 0 Å². The van der Waals surface area contributed by atoms with Crippen LogP contribution in [0.4, 0.5) is 0 Å². The highest BCUT2D eigenvalue weighted by atomic mass is 16.5. The Balaban J connectivity index is 2.84. The van der Waals surface area contributed by atoms with Crippen molar-refractivity contribution < 1.29 is 9.53 Å². The molecule has 0 heterocycles. The van der Waals surface area contributed by atoms with Crippen molar-refractivity contribution in [1.82, 2.24) is 0 Å². The van der Waals surface area contributed by atoms with E-state index in [9.17, 15) is 4.79 Å². The van der Waals surface area contributed by atoms with Gasteiger partial charge >= 0.3 is 0 Å². The molecule has 0 aliphatic carbocycles. The van der Waals surface area contributed by atoms with Crippen LogP contribution < -0.4 is 4.74 Å². The monoisotopic (exact) mass is 178 g/mol. The molecule has 0 aromatic heterocycles. The second-order valence-electron chi connectivity index (χ2n) is 2.90. The second kappa shape index (κ2) is 4.65. The van der Waals surface area contributed by atoms with Gasteiger partial charge in [-0.05, 0) is 25.5 Å². The van der Waals surface area contributed by atoms with Crippen molar-refractivity contribution in [2.24, 2.45) is 0 Å². The average Bonchev–Trinajstić information content (AvgIpc) is 2.15. The van der Waals surface area contributed by atoms with Gasteiger partial charge in [0.15, 0.2) is 5.78 Å². The van der Waals surface area contributed by atoms with Crippen molar-refractivity contribution >= 4 is 5.78 Å². The van der Waals surface area contributed by atoms with E-state index in [1.54, 1.807) is 13.0 Å². The molecule has 70 valence electrons. The maximum atomic E-state index is 11.1. The molecule has 0 saturated carbocycles. The smallest absolute Gasteiger partial charge is 0.163 e. The quantitative estimate of drug-likeness (QED) is 0.662. The van der Waals surface area contributed by atoms with Gasteiger partial charge in [-0.1, -0.05) is 19.1 Å². The second-order valence-corrected chi connectivity index (χ2v) is 2.90. The summed E-state index contributed by atoms with van der Waals surface area (Å²) in [5.41, 5.74) is 0.663. The van der Waals surface area contributed by atoms with Crippen LogP contribution in [-0.4, -0.2) is 12.4 Å². The Hall–Kier alpha value is -1.31. The molecule has 0 N–H and O–H groups in total. The molecule has 0 unspecified atom stereocenters. The van der Waals surface area contributed by atoms with Gasteiger partial charge in [0.25, 0.3) is 0 Å². The minimum atomic E-state index is 0.0479. The van der Waals surface area contributed by atoms with Crippen molar-refractivity contribution in [2.75, 3.05) is 6.61 Å². The van der Waals surface area contributed by atoms with Crippen LogP contribution in [-0.2, 0) is 0 Å². The summed E-state index contributed by atoms with van der Waals surface area (Å²) in [4.78, 5) is 11.1. The van der Waals surface area contributed by atoms with Crippen LogP contribution in [0.25, 0.3) is 0 Å². The lowest BCUT2D eigenvalue weighted by Gasteiger charge is -2.07. The largest absolute Gasteiger partial charge is 0.493 e. The molecule has 2 heteroatoms. The third-order valence-corrected chi connectivity index (χ3v) is 1.73. The predicted octanol–water partition coefficient (Wildman–Crippen LogP) is 2.68. The number of Topliss-reactive ketones (excluding diaryl/α,β-unsaturated/α-hetero) is 1. The van der Waals surface area contributed by atoms with Crippen LogP contribution >= 0.6 is 0 Å². The standard InChI is InChI=1S/C11H14O2/c1-3-8-13-11-7-5-4-6-10(11)9(2)12/h4-7H,3,8H2,1-2H3. The van der Waals surface area contributed by atoms with Crippen LogP contribution in [0.15, 0.2) is 24.3 Å². The normalized spacial score (nSPS) is 9.69. The Bertz CT molecular complexity index is 292. The van der Waals surface area contributed by atoms with E-state index in [0.717, 1.165) is 6.42 Å². The number of carbonyl (C=O) groups excluding carboxylic acids is 1. The van der Waals surface area contributed by atoms with E-state index in [1.165, 1.54) is 0 Å². The van der Waals surface area contributed by atoms with Crippen molar-refractivity contribution in [3.63, 3.8) is 0 Å². The van der Waals surface area contributed by atoms with Crippen molar-refractivity contribution in [2.45, 2.75) is 20.3 Å². The van der Waals surface area contributed by atoms with Crippen LogP contribution in [0.3, 0.4) is 0 Å². The zero-order valence-corrected chi connectivity index (χ0v) is 8.04. The van der Waals surface area contributed by atoms with Gasteiger partial charge in [0.1, 0.15) is 5.75 Å². The Kier molecular flexibility index (Phi) is 3.50. The zero-order chi connectivity index (χ0) is 9.68. The third-order valence-electron chi connectivity index (χ3n) is 1.73. The first kappa shape index (κ1) is 9.78. The van der Waals surface area contributed by atoms with E-state index in [4.69, 9.17) is 4.74 Å². The fourth-order valence-electron chi connectivity index (χ4n) is 1.10. The molecule has 2 nitrogen and oxygen atoms in total. The third kappa shape index (κ3) is 2.58. The van der Waals surface area contributed by atoms with Crippen LogP contribution in [0, 0.1) is 0 Å². The summed E-state index contributed by atoms with van der Waals surface area (Å²) in [6, 6.07) is 7.33. The van der Waals surface area contributed by atoms with Gasteiger partial charge in [-0.3, -0.25) is 4.79 Å². The van der Waals surface area contributed by atoms with Crippen LogP contribution in [0.2, 0.25) is 0 Å². The van der Waals surface area contributed by atoms with E-state index >= 15 is 0 Å². The summed E-state index contributed by atoms with van der Waals surface area (Å²) in [6.45, 7) is 4.24. The van der Waals surface area contributed by atoms with Gasteiger partial charge < -0.3 is 4.74 Å². The first-order chi connectivity index (χ1) is 6.25. The number of benzene rings is 1. The number of ketones is 1. The Labute approximate surface area is 78.5 Å². The lowest BCUT2D eigenvalue weighted by atomic mass is 10.1. The molecule has 0 aliphatic rings. The fraction of sp³-hybridized carbons (Fsp3) is 0.364. The number of carbonyl (C=O) groups is 1. The molecule has 0 atom stereocenters. The molecule has 13 heavy (non-hydrogen) atoms. The maximum Gasteiger partial charge on any atom is 0.163 e. The minimum Gasteiger partial charge on any atom is -0.493 e. The van der Waals surface area contributed by atoms with Gasteiger partial charge in [-0.25, -0.2) is 0 Å². The Morgan fingerprint density at radius 2 is 2.08 bits per heavy atom. The highest BCUT2D eigenvalue weighted by Crippen LogP contribution is 2.18. The summed E-state index contributed by atoms with van der Waals surface area (Å²) in [7, 11) is 0.